The minimum absolute atomic E-state index is 0.0414. The monoisotopic (exact) mass is 364 g/mol. The van der Waals surface area contributed by atoms with E-state index >= 15 is 0 Å². The zero-order valence-corrected chi connectivity index (χ0v) is 14.9. The van der Waals surface area contributed by atoms with Crippen molar-refractivity contribution in [3.8, 4) is 5.69 Å². The van der Waals surface area contributed by atoms with Gasteiger partial charge in [0.25, 0.3) is 5.16 Å². The van der Waals surface area contributed by atoms with Gasteiger partial charge in [-0.15, -0.1) is 0 Å². The molecule has 1 aliphatic heterocycles. The first kappa shape index (κ1) is 16.6. The van der Waals surface area contributed by atoms with Crippen LogP contribution in [0.15, 0.2) is 35.5 Å². The third-order valence-corrected chi connectivity index (χ3v) is 6.34. The fraction of sp³-hybridized carbons (Fsp3) is 0.562. The van der Waals surface area contributed by atoms with E-state index in [0.29, 0.717) is 5.69 Å². The molecule has 9 heteroatoms. The molecular weight excluding hydrogens is 344 g/mol. The lowest BCUT2D eigenvalue weighted by atomic mass is 10.1. The highest BCUT2D eigenvalue weighted by molar-refractivity contribution is 7.91. The number of aromatic nitrogens is 4. The molecule has 2 fully saturated rings. The first-order valence-corrected chi connectivity index (χ1v) is 9.93. The van der Waals surface area contributed by atoms with Gasteiger partial charge >= 0.3 is 0 Å². The Kier molecular flexibility index (Phi) is 3.89. The number of nitrogens with zero attached hydrogens (tertiary/aromatic N) is 4. The second-order valence-corrected chi connectivity index (χ2v) is 8.89. The van der Waals surface area contributed by atoms with Crippen LogP contribution in [0.2, 0.25) is 0 Å². The van der Waals surface area contributed by atoms with Gasteiger partial charge in [0.15, 0.2) is 5.79 Å². The molecule has 1 saturated carbocycles. The number of fused-ring (bicyclic) bond motifs is 1. The van der Waals surface area contributed by atoms with Gasteiger partial charge in [0.1, 0.15) is 0 Å². The van der Waals surface area contributed by atoms with Gasteiger partial charge in [0, 0.05) is 5.92 Å². The molecule has 2 aliphatic rings. The average Bonchev–Trinajstić information content (AvgIpc) is 3.24. The molecule has 0 spiro atoms. The van der Waals surface area contributed by atoms with Crippen molar-refractivity contribution in [2.75, 3.05) is 5.75 Å². The van der Waals surface area contributed by atoms with Gasteiger partial charge < -0.3 is 9.47 Å². The minimum atomic E-state index is -3.66. The van der Waals surface area contributed by atoms with E-state index in [1.54, 1.807) is 24.3 Å². The number of hydrogen-bond donors (Lipinski definition) is 0. The molecule has 1 aromatic heterocycles. The summed E-state index contributed by atoms with van der Waals surface area (Å²) in [5, 5.41) is 11.0. The van der Waals surface area contributed by atoms with Crippen LogP contribution >= 0.6 is 0 Å². The molecule has 0 radical (unpaired) electrons. The van der Waals surface area contributed by atoms with Crippen LogP contribution < -0.4 is 0 Å². The van der Waals surface area contributed by atoms with Gasteiger partial charge in [-0.2, -0.15) is 4.68 Å². The van der Waals surface area contributed by atoms with Crippen LogP contribution in [0.1, 0.15) is 26.7 Å². The molecule has 8 nitrogen and oxygen atoms in total. The highest BCUT2D eigenvalue weighted by Gasteiger charge is 2.50. The molecule has 0 bridgehead atoms. The van der Waals surface area contributed by atoms with Crippen LogP contribution in [0.25, 0.3) is 5.69 Å². The summed E-state index contributed by atoms with van der Waals surface area (Å²) >= 11 is 0. The van der Waals surface area contributed by atoms with E-state index in [4.69, 9.17) is 9.47 Å². The maximum Gasteiger partial charge on any atom is 0.272 e. The molecule has 0 unspecified atom stereocenters. The fourth-order valence-electron chi connectivity index (χ4n) is 3.67. The second kappa shape index (κ2) is 5.86. The quantitative estimate of drug-likeness (QED) is 0.808. The molecule has 3 atom stereocenters. The molecule has 25 heavy (non-hydrogen) atoms. The second-order valence-electron chi connectivity index (χ2n) is 6.97. The summed E-state index contributed by atoms with van der Waals surface area (Å²) in [7, 11) is -3.66. The van der Waals surface area contributed by atoms with Gasteiger partial charge in [0.2, 0.25) is 9.84 Å². The highest BCUT2D eigenvalue weighted by atomic mass is 32.2. The smallest absolute Gasteiger partial charge is 0.272 e. The van der Waals surface area contributed by atoms with Crippen molar-refractivity contribution >= 4 is 9.84 Å². The zero-order chi connectivity index (χ0) is 17.7. The lowest BCUT2D eigenvalue weighted by Gasteiger charge is -2.21. The number of ether oxygens (including phenoxy) is 2. The standard InChI is InChI=1S/C16H20N4O4S/c1-16(2)23-13-9-8-11(14(13)24-16)10-25(21,22)15-17-18-19-20(15)12-6-4-3-5-7-12/h3-7,11,13-14H,8-10H2,1-2H3/t11-,13-,14+/m1/s1. The molecule has 1 saturated heterocycles. The Labute approximate surface area is 146 Å². The van der Waals surface area contributed by atoms with Crippen LogP contribution in [0.5, 0.6) is 0 Å². The van der Waals surface area contributed by atoms with Crippen molar-refractivity contribution in [3.63, 3.8) is 0 Å². The normalized spacial score (nSPS) is 28.2. The molecule has 1 aromatic carbocycles. The number of hydrogen-bond acceptors (Lipinski definition) is 7. The summed E-state index contributed by atoms with van der Waals surface area (Å²) in [6, 6.07) is 8.98. The van der Waals surface area contributed by atoms with Crippen LogP contribution in [-0.2, 0) is 19.3 Å². The molecule has 4 rings (SSSR count). The summed E-state index contributed by atoms with van der Waals surface area (Å²) < 4.78 is 38.9. The predicted octanol–water partition coefficient (Wildman–Crippen LogP) is 1.37. The Bertz CT molecular complexity index is 865. The average molecular weight is 364 g/mol. The molecule has 0 N–H and O–H groups in total. The summed E-state index contributed by atoms with van der Waals surface area (Å²) in [5.41, 5.74) is 0.608. The van der Waals surface area contributed by atoms with Crippen LogP contribution in [0, 0.1) is 5.92 Å². The van der Waals surface area contributed by atoms with E-state index in [2.05, 4.69) is 15.5 Å². The SMILES string of the molecule is CC1(C)O[C@H]2[C@@H](CS(=O)(=O)c3nnnn3-c3ccccc3)CC[C@H]2O1. The van der Waals surface area contributed by atoms with Crippen molar-refractivity contribution in [2.24, 2.45) is 5.92 Å². The first-order valence-electron chi connectivity index (χ1n) is 8.28. The molecule has 0 amide bonds. The maximum atomic E-state index is 12.9. The third-order valence-electron chi connectivity index (χ3n) is 4.66. The number of para-hydroxylation sites is 1. The third kappa shape index (κ3) is 3.07. The summed E-state index contributed by atoms with van der Waals surface area (Å²) in [6.07, 6.45) is 1.31. The molecule has 2 heterocycles. The van der Waals surface area contributed by atoms with Gasteiger partial charge in [0.05, 0.1) is 23.6 Å². The minimum Gasteiger partial charge on any atom is -0.345 e. The van der Waals surface area contributed by atoms with Gasteiger partial charge in [-0.3, -0.25) is 0 Å². The maximum absolute atomic E-state index is 12.9. The summed E-state index contributed by atoms with van der Waals surface area (Å²) in [4.78, 5) is 0. The van der Waals surface area contributed by atoms with E-state index in [9.17, 15) is 8.42 Å². The Morgan fingerprint density at radius 1 is 1.20 bits per heavy atom. The number of tetrazole rings is 1. The molecule has 1 aliphatic carbocycles. The lowest BCUT2D eigenvalue weighted by Crippen LogP contribution is -2.30. The number of sulfone groups is 1. The van der Waals surface area contributed by atoms with Crippen LogP contribution in [-0.4, -0.2) is 52.4 Å². The Morgan fingerprint density at radius 2 is 1.96 bits per heavy atom. The van der Waals surface area contributed by atoms with E-state index in [1.807, 2.05) is 19.9 Å². The molecular formula is C16H20N4O4S. The molecule has 134 valence electrons. The fourth-order valence-corrected chi connectivity index (χ4v) is 5.30. The van der Waals surface area contributed by atoms with Crippen molar-refractivity contribution in [3.05, 3.63) is 30.3 Å². The number of benzene rings is 1. The van der Waals surface area contributed by atoms with Crippen LogP contribution in [0.3, 0.4) is 0 Å². The predicted molar refractivity (Wildman–Crippen MR) is 87.8 cm³/mol. The summed E-state index contributed by atoms with van der Waals surface area (Å²) in [5.74, 6) is -0.845. The lowest BCUT2D eigenvalue weighted by molar-refractivity contribution is -0.155. The molecule has 2 aromatic rings. The van der Waals surface area contributed by atoms with Crippen LogP contribution in [0.4, 0.5) is 0 Å². The Morgan fingerprint density at radius 3 is 2.72 bits per heavy atom. The van der Waals surface area contributed by atoms with E-state index in [0.717, 1.165) is 12.8 Å². The van der Waals surface area contributed by atoms with E-state index in [1.165, 1.54) is 4.68 Å². The van der Waals surface area contributed by atoms with E-state index in [-0.39, 0.29) is 29.0 Å². The van der Waals surface area contributed by atoms with Gasteiger partial charge in [-0.1, -0.05) is 23.3 Å². The topological polar surface area (TPSA) is 96.2 Å². The van der Waals surface area contributed by atoms with Gasteiger partial charge in [-0.25, -0.2) is 8.42 Å². The van der Waals surface area contributed by atoms with Crippen molar-refractivity contribution < 1.29 is 17.9 Å². The van der Waals surface area contributed by atoms with Crippen molar-refractivity contribution in [1.82, 2.24) is 20.2 Å². The number of rotatable bonds is 4. The summed E-state index contributed by atoms with van der Waals surface area (Å²) in [6.45, 7) is 3.71. The zero-order valence-electron chi connectivity index (χ0n) is 14.1. The first-order chi connectivity index (χ1) is 11.9. The Balaban J connectivity index is 1.59. The van der Waals surface area contributed by atoms with Crippen molar-refractivity contribution in [2.45, 2.75) is 49.8 Å². The van der Waals surface area contributed by atoms with Crippen molar-refractivity contribution in [1.29, 1.82) is 0 Å². The highest BCUT2D eigenvalue weighted by Crippen LogP contribution is 2.42. The van der Waals surface area contributed by atoms with E-state index < -0.39 is 15.6 Å². The largest absolute Gasteiger partial charge is 0.345 e. The Hall–Kier alpha value is -1.84. The van der Waals surface area contributed by atoms with Gasteiger partial charge in [-0.05, 0) is 49.2 Å².